The van der Waals surface area contributed by atoms with E-state index < -0.39 is 23.1 Å². The van der Waals surface area contributed by atoms with Crippen LogP contribution in [0.3, 0.4) is 0 Å². The molecule has 0 saturated heterocycles. The van der Waals surface area contributed by atoms with Crippen LogP contribution >= 0.6 is 0 Å². The number of benzene rings is 2. The van der Waals surface area contributed by atoms with Gasteiger partial charge in [0.1, 0.15) is 17.3 Å². The third-order valence-corrected chi connectivity index (χ3v) is 3.42. The van der Waals surface area contributed by atoms with Crippen molar-refractivity contribution in [2.45, 2.75) is 6.54 Å². The SMILES string of the molecule is O=C(Nc1ccc(F)cc1)c1ccc(=O)n(Cc2cccc(F)c2)n1. The summed E-state index contributed by atoms with van der Waals surface area (Å²) in [7, 11) is 0. The molecule has 5 nitrogen and oxygen atoms in total. The van der Waals surface area contributed by atoms with Gasteiger partial charge in [0.05, 0.1) is 6.54 Å². The molecule has 2 aromatic carbocycles. The van der Waals surface area contributed by atoms with E-state index in [0.717, 1.165) is 4.68 Å². The van der Waals surface area contributed by atoms with Crippen molar-refractivity contribution in [3.8, 4) is 0 Å². The number of anilines is 1. The van der Waals surface area contributed by atoms with Gasteiger partial charge < -0.3 is 5.32 Å². The van der Waals surface area contributed by atoms with Gasteiger partial charge in [-0.15, -0.1) is 0 Å². The predicted octanol–water partition coefficient (Wildman–Crippen LogP) is 2.82. The van der Waals surface area contributed by atoms with Crippen molar-refractivity contribution in [2.24, 2.45) is 0 Å². The van der Waals surface area contributed by atoms with E-state index in [0.29, 0.717) is 11.3 Å². The molecule has 0 fully saturated rings. The van der Waals surface area contributed by atoms with Crippen LogP contribution in [0.4, 0.5) is 14.5 Å². The highest BCUT2D eigenvalue weighted by molar-refractivity contribution is 6.02. The summed E-state index contributed by atoms with van der Waals surface area (Å²) in [6, 6.07) is 13.5. The minimum Gasteiger partial charge on any atom is -0.321 e. The first-order valence-electron chi connectivity index (χ1n) is 7.41. The van der Waals surface area contributed by atoms with Crippen molar-refractivity contribution >= 4 is 11.6 Å². The average molecular weight is 341 g/mol. The first kappa shape index (κ1) is 16.5. The monoisotopic (exact) mass is 341 g/mol. The summed E-state index contributed by atoms with van der Waals surface area (Å²) < 4.78 is 27.2. The number of hydrogen-bond donors (Lipinski definition) is 1. The standard InChI is InChI=1S/C18H13F2N3O2/c19-13-4-6-15(7-5-13)21-18(25)16-8-9-17(24)23(22-16)11-12-2-1-3-14(20)10-12/h1-10H,11H2,(H,21,25). The van der Waals surface area contributed by atoms with Crippen molar-refractivity contribution in [3.05, 3.63) is 93.9 Å². The molecule has 1 heterocycles. The van der Waals surface area contributed by atoms with Crippen molar-refractivity contribution in [2.75, 3.05) is 5.32 Å². The van der Waals surface area contributed by atoms with Crippen LogP contribution in [0.1, 0.15) is 16.1 Å². The predicted molar refractivity (Wildman–Crippen MR) is 88.4 cm³/mol. The van der Waals surface area contributed by atoms with Crippen LogP contribution < -0.4 is 10.9 Å². The molecule has 3 aromatic rings. The van der Waals surface area contributed by atoms with Gasteiger partial charge >= 0.3 is 0 Å². The van der Waals surface area contributed by atoms with Gasteiger partial charge in [-0.3, -0.25) is 9.59 Å². The van der Waals surface area contributed by atoms with Gasteiger partial charge in [-0.2, -0.15) is 5.10 Å². The van der Waals surface area contributed by atoms with Gasteiger partial charge in [0.25, 0.3) is 11.5 Å². The van der Waals surface area contributed by atoms with Crippen molar-refractivity contribution < 1.29 is 13.6 Å². The fraction of sp³-hybridized carbons (Fsp3) is 0.0556. The van der Waals surface area contributed by atoms with E-state index in [1.54, 1.807) is 6.07 Å². The second-order valence-electron chi connectivity index (χ2n) is 5.31. The van der Waals surface area contributed by atoms with E-state index in [1.807, 2.05) is 0 Å². The van der Waals surface area contributed by atoms with E-state index in [2.05, 4.69) is 10.4 Å². The maximum atomic E-state index is 13.3. The first-order chi connectivity index (χ1) is 12.0. The second-order valence-corrected chi connectivity index (χ2v) is 5.31. The molecule has 1 aromatic heterocycles. The molecule has 0 radical (unpaired) electrons. The van der Waals surface area contributed by atoms with Gasteiger partial charge in [0.15, 0.2) is 0 Å². The number of aromatic nitrogens is 2. The lowest BCUT2D eigenvalue weighted by Crippen LogP contribution is -2.26. The molecule has 0 saturated carbocycles. The molecule has 0 atom stereocenters. The summed E-state index contributed by atoms with van der Waals surface area (Å²) in [5.74, 6) is -1.38. The Balaban J connectivity index is 1.82. The van der Waals surface area contributed by atoms with E-state index in [1.165, 1.54) is 54.6 Å². The molecule has 1 amide bonds. The Morgan fingerprint density at radius 2 is 1.76 bits per heavy atom. The largest absolute Gasteiger partial charge is 0.321 e. The minimum absolute atomic E-state index is 0.0142. The lowest BCUT2D eigenvalue weighted by atomic mass is 10.2. The smallest absolute Gasteiger partial charge is 0.276 e. The van der Waals surface area contributed by atoms with Crippen molar-refractivity contribution in [1.29, 1.82) is 0 Å². The molecule has 0 bridgehead atoms. The summed E-state index contributed by atoms with van der Waals surface area (Å²) in [6.07, 6.45) is 0. The van der Waals surface area contributed by atoms with Crippen molar-refractivity contribution in [3.63, 3.8) is 0 Å². The molecular formula is C18H13F2N3O2. The Hall–Kier alpha value is -3.35. The number of nitrogens with zero attached hydrogens (tertiary/aromatic N) is 2. The number of hydrogen-bond acceptors (Lipinski definition) is 3. The Bertz CT molecular complexity index is 969. The van der Waals surface area contributed by atoms with E-state index in [4.69, 9.17) is 0 Å². The minimum atomic E-state index is -0.542. The molecule has 0 aliphatic heterocycles. The number of carbonyl (C=O) groups excluding carboxylic acids is 1. The summed E-state index contributed by atoms with van der Waals surface area (Å²) >= 11 is 0. The summed E-state index contributed by atoms with van der Waals surface area (Å²) in [6.45, 7) is 0.0360. The molecule has 0 aliphatic carbocycles. The molecule has 126 valence electrons. The normalized spacial score (nSPS) is 10.5. The Kier molecular flexibility index (Phi) is 4.65. The number of carbonyl (C=O) groups is 1. The zero-order valence-electron chi connectivity index (χ0n) is 12.9. The highest BCUT2D eigenvalue weighted by atomic mass is 19.1. The number of nitrogens with one attached hydrogen (secondary N) is 1. The van der Waals surface area contributed by atoms with Crippen molar-refractivity contribution in [1.82, 2.24) is 9.78 Å². The van der Waals surface area contributed by atoms with Crippen LogP contribution in [0.2, 0.25) is 0 Å². The first-order valence-corrected chi connectivity index (χ1v) is 7.41. The van der Waals surface area contributed by atoms with Crippen LogP contribution in [-0.2, 0) is 6.54 Å². The van der Waals surface area contributed by atoms with Crippen LogP contribution in [0, 0.1) is 11.6 Å². The zero-order chi connectivity index (χ0) is 17.8. The molecule has 0 aliphatic rings. The van der Waals surface area contributed by atoms with E-state index in [-0.39, 0.29) is 12.2 Å². The summed E-state index contributed by atoms with van der Waals surface area (Å²) in [4.78, 5) is 24.1. The molecular weight excluding hydrogens is 328 g/mol. The maximum Gasteiger partial charge on any atom is 0.276 e. The quantitative estimate of drug-likeness (QED) is 0.794. The zero-order valence-corrected chi connectivity index (χ0v) is 12.9. The Morgan fingerprint density at radius 1 is 1.00 bits per heavy atom. The van der Waals surface area contributed by atoms with Crippen LogP contribution in [0.15, 0.2) is 65.5 Å². The number of halogens is 2. The molecule has 0 unspecified atom stereocenters. The molecule has 25 heavy (non-hydrogen) atoms. The number of rotatable bonds is 4. The second kappa shape index (κ2) is 7.04. The van der Waals surface area contributed by atoms with Gasteiger partial charge in [-0.25, -0.2) is 13.5 Å². The Labute approximate surface area is 141 Å². The van der Waals surface area contributed by atoms with Gasteiger partial charge in [-0.1, -0.05) is 12.1 Å². The van der Waals surface area contributed by atoms with Crippen LogP contribution in [0.5, 0.6) is 0 Å². The highest BCUT2D eigenvalue weighted by Gasteiger charge is 2.11. The lowest BCUT2D eigenvalue weighted by molar-refractivity contribution is 0.102. The fourth-order valence-electron chi connectivity index (χ4n) is 2.22. The topological polar surface area (TPSA) is 64.0 Å². The van der Waals surface area contributed by atoms with Gasteiger partial charge in [0.2, 0.25) is 0 Å². The summed E-state index contributed by atoms with van der Waals surface area (Å²) in [5.41, 5.74) is 0.546. The third kappa shape index (κ3) is 4.14. The van der Waals surface area contributed by atoms with Gasteiger partial charge in [-0.05, 0) is 48.0 Å². The van der Waals surface area contributed by atoms with E-state index >= 15 is 0 Å². The highest BCUT2D eigenvalue weighted by Crippen LogP contribution is 2.10. The van der Waals surface area contributed by atoms with E-state index in [9.17, 15) is 18.4 Å². The number of amides is 1. The average Bonchev–Trinajstić information content (AvgIpc) is 2.59. The van der Waals surface area contributed by atoms with Crippen LogP contribution in [0.25, 0.3) is 0 Å². The Morgan fingerprint density at radius 3 is 2.48 bits per heavy atom. The maximum absolute atomic E-state index is 13.3. The van der Waals surface area contributed by atoms with Crippen LogP contribution in [-0.4, -0.2) is 15.7 Å². The molecule has 7 heteroatoms. The summed E-state index contributed by atoms with van der Waals surface area (Å²) in [5, 5.41) is 6.57. The molecule has 0 spiro atoms. The van der Waals surface area contributed by atoms with Gasteiger partial charge in [0, 0.05) is 11.8 Å². The third-order valence-electron chi connectivity index (χ3n) is 3.42. The molecule has 3 rings (SSSR count). The molecule has 1 N–H and O–H groups in total. The fourth-order valence-corrected chi connectivity index (χ4v) is 2.22. The lowest BCUT2D eigenvalue weighted by Gasteiger charge is -2.08.